The fourth-order valence-corrected chi connectivity index (χ4v) is 6.98. The van der Waals surface area contributed by atoms with E-state index in [4.69, 9.17) is 4.42 Å². The summed E-state index contributed by atoms with van der Waals surface area (Å²) in [5.41, 5.74) is 0.625. The van der Waals surface area contributed by atoms with E-state index in [0.29, 0.717) is 37.0 Å². The highest BCUT2D eigenvalue weighted by Gasteiger charge is 2.32. The lowest BCUT2D eigenvalue weighted by Gasteiger charge is -2.35. The molecule has 0 unspecified atom stereocenters. The Bertz CT molecular complexity index is 1140. The van der Waals surface area contributed by atoms with Crippen LogP contribution in [0.25, 0.3) is 11.1 Å². The third-order valence-corrected chi connectivity index (χ3v) is 8.65. The number of likely N-dealkylation sites (tertiary alicyclic amines) is 1. The molecule has 2 aromatic rings. The van der Waals surface area contributed by atoms with Crippen molar-refractivity contribution in [2.45, 2.75) is 70.4 Å². The van der Waals surface area contributed by atoms with Gasteiger partial charge in [0.25, 0.3) is 0 Å². The van der Waals surface area contributed by atoms with E-state index in [9.17, 15) is 18.0 Å². The lowest BCUT2D eigenvalue weighted by Crippen LogP contribution is -2.45. The standard InChI is InChI=1S/C23H33N3O5S/c1-4-18-7-5-6-10-25(18)22(27)15-26-20-9-8-19(12-21(20)31-23(26)28)32(29,30)24-13-16(2)11-17(3)14-24/h8-9,12,16-18H,4-7,10-11,13-15H2,1-3H3/t16-,17-,18-/m0/s1. The van der Waals surface area contributed by atoms with Gasteiger partial charge in [-0.1, -0.05) is 20.8 Å². The molecule has 2 saturated heterocycles. The van der Waals surface area contributed by atoms with Crippen LogP contribution in [0.3, 0.4) is 0 Å². The molecule has 32 heavy (non-hydrogen) atoms. The third-order valence-electron chi connectivity index (χ3n) is 6.82. The number of hydrogen-bond acceptors (Lipinski definition) is 5. The summed E-state index contributed by atoms with van der Waals surface area (Å²) >= 11 is 0. The SMILES string of the molecule is CC[C@H]1CCCCN1C(=O)Cn1c(=O)oc2cc(S(=O)(=O)N3C[C@@H](C)C[C@H](C)C3)ccc21. The van der Waals surface area contributed by atoms with Crippen molar-refractivity contribution in [2.24, 2.45) is 11.8 Å². The highest BCUT2D eigenvalue weighted by atomic mass is 32.2. The second-order valence-corrected chi connectivity index (χ2v) is 11.4. The monoisotopic (exact) mass is 463 g/mol. The van der Waals surface area contributed by atoms with E-state index in [2.05, 4.69) is 20.8 Å². The molecule has 0 spiro atoms. The summed E-state index contributed by atoms with van der Waals surface area (Å²) in [4.78, 5) is 27.4. The molecule has 0 aliphatic carbocycles. The van der Waals surface area contributed by atoms with Crippen molar-refractivity contribution in [3.63, 3.8) is 0 Å². The molecule has 9 heteroatoms. The predicted octanol–water partition coefficient (Wildman–Crippen LogP) is 3.05. The van der Waals surface area contributed by atoms with Crippen molar-refractivity contribution in [3.8, 4) is 0 Å². The van der Waals surface area contributed by atoms with Crippen LogP contribution in [0.5, 0.6) is 0 Å². The molecule has 8 nitrogen and oxygen atoms in total. The lowest BCUT2D eigenvalue weighted by molar-refractivity contribution is -0.135. The Morgan fingerprint density at radius 3 is 2.56 bits per heavy atom. The van der Waals surface area contributed by atoms with Gasteiger partial charge in [0.05, 0.1) is 10.4 Å². The molecule has 4 rings (SSSR count). The summed E-state index contributed by atoms with van der Waals surface area (Å²) in [6, 6.07) is 4.70. The number of oxazole rings is 1. The van der Waals surface area contributed by atoms with E-state index in [-0.39, 0.29) is 29.0 Å². The average molecular weight is 464 g/mol. The van der Waals surface area contributed by atoms with Crippen molar-refractivity contribution in [1.82, 2.24) is 13.8 Å². The second-order valence-electron chi connectivity index (χ2n) is 9.50. The maximum atomic E-state index is 13.2. The van der Waals surface area contributed by atoms with Gasteiger partial charge in [0.15, 0.2) is 5.58 Å². The van der Waals surface area contributed by atoms with E-state index in [1.807, 2.05) is 4.90 Å². The fourth-order valence-electron chi connectivity index (χ4n) is 5.29. The Kier molecular flexibility index (Phi) is 6.49. The summed E-state index contributed by atoms with van der Waals surface area (Å²) in [5.74, 6) is -0.157. The first kappa shape index (κ1) is 23.0. The molecule has 3 heterocycles. The quantitative estimate of drug-likeness (QED) is 0.679. The first-order valence-corrected chi connectivity index (χ1v) is 13.1. The Hall–Kier alpha value is -2.13. The second kappa shape index (κ2) is 9.02. The number of hydrogen-bond donors (Lipinski definition) is 0. The summed E-state index contributed by atoms with van der Waals surface area (Å²) in [7, 11) is -3.69. The molecule has 1 aromatic heterocycles. The predicted molar refractivity (Wildman–Crippen MR) is 122 cm³/mol. The van der Waals surface area contributed by atoms with E-state index in [1.165, 1.54) is 21.0 Å². The Morgan fingerprint density at radius 2 is 1.88 bits per heavy atom. The largest absolute Gasteiger partial charge is 0.420 e. The van der Waals surface area contributed by atoms with Crippen molar-refractivity contribution in [3.05, 3.63) is 28.7 Å². The summed E-state index contributed by atoms with van der Waals surface area (Å²) in [5, 5.41) is 0. The van der Waals surface area contributed by atoms with Crippen molar-refractivity contribution in [1.29, 1.82) is 0 Å². The zero-order chi connectivity index (χ0) is 23.0. The zero-order valence-corrected chi connectivity index (χ0v) is 19.9. The zero-order valence-electron chi connectivity index (χ0n) is 19.1. The number of amides is 1. The van der Waals surface area contributed by atoms with Gasteiger partial charge in [-0.2, -0.15) is 4.31 Å². The number of sulfonamides is 1. The van der Waals surface area contributed by atoms with Gasteiger partial charge in [-0.3, -0.25) is 9.36 Å². The van der Waals surface area contributed by atoms with Crippen LogP contribution in [-0.2, 0) is 21.4 Å². The van der Waals surface area contributed by atoms with Gasteiger partial charge in [0.2, 0.25) is 15.9 Å². The van der Waals surface area contributed by atoms with Gasteiger partial charge in [-0.15, -0.1) is 0 Å². The number of nitrogens with zero attached hydrogens (tertiary/aromatic N) is 3. The van der Waals surface area contributed by atoms with Gasteiger partial charge in [0, 0.05) is 31.7 Å². The van der Waals surface area contributed by atoms with E-state index < -0.39 is 15.8 Å². The first-order chi connectivity index (χ1) is 15.2. The molecular formula is C23H33N3O5S. The van der Waals surface area contributed by atoms with Crippen LogP contribution < -0.4 is 5.76 Å². The van der Waals surface area contributed by atoms with Crippen LogP contribution >= 0.6 is 0 Å². The molecule has 2 aliphatic heterocycles. The van der Waals surface area contributed by atoms with Gasteiger partial charge in [-0.25, -0.2) is 13.2 Å². The number of carbonyl (C=O) groups is 1. The molecular weight excluding hydrogens is 430 g/mol. The van der Waals surface area contributed by atoms with Crippen molar-refractivity contribution < 1.29 is 17.6 Å². The molecule has 0 radical (unpaired) electrons. The number of aromatic nitrogens is 1. The summed E-state index contributed by atoms with van der Waals surface area (Å²) in [6.45, 7) is 7.76. The van der Waals surface area contributed by atoms with Crippen LogP contribution in [0.1, 0.15) is 52.9 Å². The minimum absolute atomic E-state index is 0.102. The topological polar surface area (TPSA) is 92.8 Å². The molecule has 176 valence electrons. The molecule has 2 aliphatic rings. The number of fused-ring (bicyclic) bond motifs is 1. The third kappa shape index (κ3) is 4.37. The summed E-state index contributed by atoms with van der Waals surface area (Å²) < 4.78 is 34.6. The van der Waals surface area contributed by atoms with Crippen LogP contribution in [0.2, 0.25) is 0 Å². The van der Waals surface area contributed by atoms with E-state index >= 15 is 0 Å². The van der Waals surface area contributed by atoms with Crippen LogP contribution in [0, 0.1) is 11.8 Å². The average Bonchev–Trinajstić information content (AvgIpc) is 3.07. The van der Waals surface area contributed by atoms with Crippen LogP contribution in [-0.4, -0.2) is 53.8 Å². The van der Waals surface area contributed by atoms with E-state index in [0.717, 1.165) is 32.1 Å². The highest BCUT2D eigenvalue weighted by Crippen LogP contribution is 2.28. The maximum absolute atomic E-state index is 13.2. The van der Waals surface area contributed by atoms with Gasteiger partial charge in [0.1, 0.15) is 6.54 Å². The number of benzene rings is 1. The van der Waals surface area contributed by atoms with Gasteiger partial charge in [-0.05, 0) is 56.1 Å². The highest BCUT2D eigenvalue weighted by molar-refractivity contribution is 7.89. The number of piperidine rings is 2. The van der Waals surface area contributed by atoms with Crippen LogP contribution in [0.4, 0.5) is 0 Å². The first-order valence-electron chi connectivity index (χ1n) is 11.6. The minimum atomic E-state index is -3.69. The van der Waals surface area contributed by atoms with E-state index in [1.54, 1.807) is 6.07 Å². The Morgan fingerprint density at radius 1 is 1.16 bits per heavy atom. The molecule has 0 bridgehead atoms. The number of rotatable bonds is 5. The molecule has 2 fully saturated rings. The molecule has 1 aromatic carbocycles. The molecule has 1 amide bonds. The molecule has 3 atom stereocenters. The normalized spacial score (nSPS) is 25.3. The van der Waals surface area contributed by atoms with Crippen molar-refractivity contribution >= 4 is 27.0 Å². The van der Waals surface area contributed by atoms with Crippen molar-refractivity contribution in [2.75, 3.05) is 19.6 Å². The Labute approximate surface area is 189 Å². The minimum Gasteiger partial charge on any atom is -0.408 e. The lowest BCUT2D eigenvalue weighted by atomic mass is 9.94. The van der Waals surface area contributed by atoms with Gasteiger partial charge >= 0.3 is 5.76 Å². The molecule has 0 N–H and O–H groups in total. The van der Waals surface area contributed by atoms with Gasteiger partial charge < -0.3 is 9.32 Å². The fraction of sp³-hybridized carbons (Fsp3) is 0.652. The Balaban J connectivity index is 1.60. The van der Waals surface area contributed by atoms with Crippen LogP contribution in [0.15, 0.2) is 32.3 Å². The number of carbonyl (C=O) groups excluding carboxylic acids is 1. The summed E-state index contributed by atoms with van der Waals surface area (Å²) in [6.07, 6.45) is 4.97. The maximum Gasteiger partial charge on any atom is 0.420 e. The smallest absolute Gasteiger partial charge is 0.408 e. The molecule has 0 saturated carbocycles.